The van der Waals surface area contributed by atoms with Crippen LogP contribution in [0.5, 0.6) is 11.5 Å². The van der Waals surface area contributed by atoms with Crippen molar-refractivity contribution in [3.05, 3.63) is 93.8 Å². The average molecular weight is 547 g/mol. The second kappa shape index (κ2) is 13.3. The van der Waals surface area contributed by atoms with Gasteiger partial charge in [0.2, 0.25) is 11.6 Å². The van der Waals surface area contributed by atoms with Crippen molar-refractivity contribution in [3.63, 3.8) is 0 Å². The molecule has 1 aliphatic rings. The summed E-state index contributed by atoms with van der Waals surface area (Å²) in [5.74, 6) is -4.79. The molecule has 3 aromatic rings. The van der Waals surface area contributed by atoms with Crippen molar-refractivity contribution in [3.8, 4) is 11.5 Å². The molecule has 3 aromatic carbocycles. The number of ether oxygens (including phenoxy) is 2. The molecule has 210 valence electrons. The summed E-state index contributed by atoms with van der Waals surface area (Å²) >= 11 is 0. The fourth-order valence-electron chi connectivity index (χ4n) is 5.25. The summed E-state index contributed by atoms with van der Waals surface area (Å²) in [5, 5.41) is 0. The molecular weight excluding hydrogens is 511 g/mol. The van der Waals surface area contributed by atoms with Gasteiger partial charge in [0.25, 0.3) is 0 Å². The van der Waals surface area contributed by atoms with E-state index in [-0.39, 0.29) is 41.1 Å². The van der Waals surface area contributed by atoms with Gasteiger partial charge in [-0.2, -0.15) is 8.78 Å². The predicted octanol–water partition coefficient (Wildman–Crippen LogP) is 9.67. The number of unbranched alkanes of at least 4 members (excludes halogenated alkanes) is 3. The highest BCUT2D eigenvalue weighted by Crippen LogP contribution is 2.42. The number of benzene rings is 3. The van der Waals surface area contributed by atoms with E-state index in [9.17, 15) is 22.0 Å². The second-order valence-corrected chi connectivity index (χ2v) is 10.4. The van der Waals surface area contributed by atoms with Gasteiger partial charge >= 0.3 is 0 Å². The lowest BCUT2D eigenvalue weighted by atomic mass is 9.76. The van der Waals surface area contributed by atoms with Crippen LogP contribution in [0.2, 0.25) is 0 Å². The molecule has 0 radical (unpaired) electrons. The quantitative estimate of drug-likeness (QED) is 0.176. The Hall–Kier alpha value is -3.09. The van der Waals surface area contributed by atoms with E-state index >= 15 is 0 Å². The molecule has 4 rings (SSSR count). The van der Waals surface area contributed by atoms with Crippen LogP contribution in [0, 0.1) is 36.0 Å². The summed E-state index contributed by atoms with van der Waals surface area (Å²) < 4.78 is 83.0. The lowest BCUT2D eigenvalue weighted by Gasteiger charge is -2.29. The van der Waals surface area contributed by atoms with Crippen LogP contribution < -0.4 is 9.47 Å². The van der Waals surface area contributed by atoms with Crippen molar-refractivity contribution in [2.45, 2.75) is 83.7 Å². The molecule has 2 nitrogen and oxygen atoms in total. The molecule has 0 atom stereocenters. The Morgan fingerprint density at radius 3 is 2.03 bits per heavy atom. The number of hydrogen-bond donors (Lipinski definition) is 0. The van der Waals surface area contributed by atoms with Gasteiger partial charge in [0.05, 0.1) is 6.61 Å². The van der Waals surface area contributed by atoms with E-state index in [1.54, 1.807) is 25.1 Å². The van der Waals surface area contributed by atoms with E-state index in [0.29, 0.717) is 25.0 Å². The Balaban J connectivity index is 1.32. The van der Waals surface area contributed by atoms with Crippen LogP contribution >= 0.6 is 0 Å². The Labute approximate surface area is 227 Å². The smallest absolute Gasteiger partial charge is 0.204 e. The van der Waals surface area contributed by atoms with E-state index in [0.717, 1.165) is 44.1 Å². The van der Waals surface area contributed by atoms with Gasteiger partial charge in [-0.05, 0) is 85.8 Å². The van der Waals surface area contributed by atoms with Crippen LogP contribution in [0.3, 0.4) is 0 Å². The molecule has 0 bridgehead atoms. The SMILES string of the molecule is CCCCCCOc1ccc(OCc2ccc(C3CCC(c4ccc(C)c(F)c4F)CC3)cc2F)c(F)c1F. The standard InChI is InChI=1S/C32H35F5O2/c1-3-4-5-6-17-38-27-15-16-28(32(37)31(27)36)39-19-24-13-12-23(18-26(24)33)21-8-10-22(11-9-21)25-14-7-20(2)29(34)30(25)35/h7,12-16,18,21-22H,3-6,8-11,17,19H2,1-2H3. The maximum absolute atomic E-state index is 14.9. The minimum Gasteiger partial charge on any atom is -0.490 e. The lowest BCUT2D eigenvalue weighted by molar-refractivity contribution is 0.263. The summed E-state index contributed by atoms with van der Waals surface area (Å²) in [6, 6.07) is 10.7. The van der Waals surface area contributed by atoms with Crippen molar-refractivity contribution in [1.82, 2.24) is 0 Å². The Morgan fingerprint density at radius 1 is 0.692 bits per heavy atom. The maximum Gasteiger partial charge on any atom is 0.204 e. The third-order valence-electron chi connectivity index (χ3n) is 7.67. The molecule has 0 N–H and O–H groups in total. The summed E-state index contributed by atoms with van der Waals surface area (Å²) in [4.78, 5) is 0. The minimum atomic E-state index is -1.17. The van der Waals surface area contributed by atoms with E-state index in [4.69, 9.17) is 9.47 Å². The number of aryl methyl sites for hydroxylation is 1. The van der Waals surface area contributed by atoms with Crippen molar-refractivity contribution < 1.29 is 31.4 Å². The van der Waals surface area contributed by atoms with Gasteiger partial charge < -0.3 is 9.47 Å². The first kappa shape index (κ1) is 28.9. The van der Waals surface area contributed by atoms with Crippen LogP contribution in [0.25, 0.3) is 0 Å². The van der Waals surface area contributed by atoms with E-state index in [1.807, 2.05) is 6.07 Å². The molecule has 39 heavy (non-hydrogen) atoms. The first-order valence-electron chi connectivity index (χ1n) is 13.8. The van der Waals surface area contributed by atoms with Gasteiger partial charge in [0, 0.05) is 5.56 Å². The van der Waals surface area contributed by atoms with Gasteiger partial charge in [0.1, 0.15) is 12.4 Å². The zero-order chi connectivity index (χ0) is 27.9. The Bertz CT molecular complexity index is 1270. The number of hydrogen-bond acceptors (Lipinski definition) is 2. The highest BCUT2D eigenvalue weighted by atomic mass is 19.2. The molecule has 0 aliphatic heterocycles. The van der Waals surface area contributed by atoms with Crippen LogP contribution in [-0.4, -0.2) is 6.61 Å². The summed E-state index contributed by atoms with van der Waals surface area (Å²) in [7, 11) is 0. The molecule has 0 spiro atoms. The molecule has 7 heteroatoms. The van der Waals surface area contributed by atoms with Crippen molar-refractivity contribution in [1.29, 1.82) is 0 Å². The zero-order valence-electron chi connectivity index (χ0n) is 22.5. The summed E-state index contributed by atoms with van der Waals surface area (Å²) in [6.07, 6.45) is 6.67. The molecule has 0 heterocycles. The van der Waals surface area contributed by atoms with Crippen molar-refractivity contribution >= 4 is 0 Å². The van der Waals surface area contributed by atoms with Gasteiger partial charge in [-0.15, -0.1) is 0 Å². The molecule has 0 unspecified atom stereocenters. The highest BCUT2D eigenvalue weighted by molar-refractivity contribution is 5.36. The molecule has 0 aromatic heterocycles. The highest BCUT2D eigenvalue weighted by Gasteiger charge is 2.27. The number of halogens is 5. The second-order valence-electron chi connectivity index (χ2n) is 10.4. The third-order valence-corrected chi connectivity index (χ3v) is 7.67. The fourth-order valence-corrected chi connectivity index (χ4v) is 5.25. The minimum absolute atomic E-state index is 0.0676. The summed E-state index contributed by atoms with van der Waals surface area (Å²) in [6.45, 7) is 3.67. The molecule has 1 aliphatic carbocycles. The van der Waals surface area contributed by atoms with E-state index < -0.39 is 29.1 Å². The monoisotopic (exact) mass is 546 g/mol. The van der Waals surface area contributed by atoms with Gasteiger partial charge in [-0.1, -0.05) is 50.5 Å². The average Bonchev–Trinajstić information content (AvgIpc) is 2.94. The van der Waals surface area contributed by atoms with Crippen molar-refractivity contribution in [2.75, 3.05) is 6.61 Å². The molecule has 1 fully saturated rings. The Morgan fingerprint density at radius 2 is 1.36 bits per heavy atom. The zero-order valence-corrected chi connectivity index (χ0v) is 22.5. The van der Waals surface area contributed by atoms with Gasteiger partial charge in [-0.3, -0.25) is 0 Å². The Kier molecular flexibility index (Phi) is 9.87. The number of rotatable bonds is 11. The maximum atomic E-state index is 14.9. The largest absolute Gasteiger partial charge is 0.490 e. The van der Waals surface area contributed by atoms with Gasteiger partial charge in [-0.25, -0.2) is 13.2 Å². The van der Waals surface area contributed by atoms with Crippen LogP contribution in [-0.2, 0) is 6.61 Å². The fraction of sp³-hybridized carbons (Fsp3) is 0.438. The van der Waals surface area contributed by atoms with E-state index in [1.165, 1.54) is 18.2 Å². The molecule has 0 saturated heterocycles. The van der Waals surface area contributed by atoms with Crippen LogP contribution in [0.4, 0.5) is 22.0 Å². The first-order valence-corrected chi connectivity index (χ1v) is 13.8. The molecule has 1 saturated carbocycles. The molecule has 0 amide bonds. The van der Waals surface area contributed by atoms with Crippen LogP contribution in [0.15, 0.2) is 42.5 Å². The van der Waals surface area contributed by atoms with Crippen LogP contribution in [0.1, 0.15) is 92.4 Å². The first-order chi connectivity index (χ1) is 18.8. The van der Waals surface area contributed by atoms with Crippen molar-refractivity contribution in [2.24, 2.45) is 0 Å². The molecular formula is C32H35F5O2. The predicted molar refractivity (Wildman–Crippen MR) is 142 cm³/mol. The van der Waals surface area contributed by atoms with Gasteiger partial charge in [0.15, 0.2) is 23.1 Å². The normalized spacial score (nSPS) is 17.3. The van der Waals surface area contributed by atoms with E-state index in [2.05, 4.69) is 6.92 Å². The lowest BCUT2D eigenvalue weighted by Crippen LogP contribution is -2.14. The summed E-state index contributed by atoms with van der Waals surface area (Å²) in [5.41, 5.74) is 1.74. The third kappa shape index (κ3) is 6.92. The topological polar surface area (TPSA) is 18.5 Å².